The van der Waals surface area contributed by atoms with Crippen molar-refractivity contribution in [2.24, 2.45) is 0 Å². The average molecular weight is 364 g/mol. The zero-order chi connectivity index (χ0) is 18.8. The standard InChI is InChI=1S/C22H16N6/c1-5-15-7-3-12-23-20(15)17(9-1)26-19-11-14-25-22(28-19)27-18-10-2-6-16-8-4-13-24-21(16)18/h1-14H,(H2,25,26,27,28). The summed E-state index contributed by atoms with van der Waals surface area (Å²) in [5.41, 5.74) is 3.54. The van der Waals surface area contributed by atoms with E-state index < -0.39 is 0 Å². The summed E-state index contributed by atoms with van der Waals surface area (Å²) < 4.78 is 0. The highest BCUT2D eigenvalue weighted by Gasteiger charge is 2.07. The largest absolute Gasteiger partial charge is 0.338 e. The smallest absolute Gasteiger partial charge is 0.229 e. The minimum Gasteiger partial charge on any atom is -0.338 e. The van der Waals surface area contributed by atoms with E-state index in [9.17, 15) is 0 Å². The van der Waals surface area contributed by atoms with Crippen LogP contribution in [-0.4, -0.2) is 19.9 Å². The lowest BCUT2D eigenvalue weighted by molar-refractivity contribution is 1.17. The molecule has 134 valence electrons. The molecule has 0 amide bonds. The van der Waals surface area contributed by atoms with Gasteiger partial charge in [0.25, 0.3) is 0 Å². The molecule has 0 aliphatic rings. The number of hydrogen-bond acceptors (Lipinski definition) is 6. The Bertz CT molecular complexity index is 1180. The van der Waals surface area contributed by atoms with Gasteiger partial charge in [0, 0.05) is 29.4 Å². The van der Waals surface area contributed by atoms with E-state index in [1.54, 1.807) is 18.6 Å². The number of hydrogen-bond donors (Lipinski definition) is 2. The van der Waals surface area contributed by atoms with Gasteiger partial charge in [0.05, 0.1) is 22.4 Å². The van der Waals surface area contributed by atoms with Crippen molar-refractivity contribution >= 4 is 44.9 Å². The number of rotatable bonds is 4. The quantitative estimate of drug-likeness (QED) is 0.464. The summed E-state index contributed by atoms with van der Waals surface area (Å²) in [6, 6.07) is 21.7. The molecule has 6 heteroatoms. The van der Waals surface area contributed by atoms with Crippen molar-refractivity contribution in [2.45, 2.75) is 0 Å². The number of nitrogens with zero attached hydrogens (tertiary/aromatic N) is 4. The Hall–Kier alpha value is -4.06. The van der Waals surface area contributed by atoms with E-state index in [1.165, 1.54) is 0 Å². The second-order valence-electron chi connectivity index (χ2n) is 6.28. The molecule has 0 aliphatic heterocycles. The van der Waals surface area contributed by atoms with Gasteiger partial charge in [-0.3, -0.25) is 9.97 Å². The first-order valence-electron chi connectivity index (χ1n) is 8.91. The fourth-order valence-corrected chi connectivity index (χ4v) is 3.16. The number of aromatic nitrogens is 4. The number of para-hydroxylation sites is 2. The van der Waals surface area contributed by atoms with Gasteiger partial charge in [-0.1, -0.05) is 36.4 Å². The first-order valence-corrected chi connectivity index (χ1v) is 8.91. The maximum Gasteiger partial charge on any atom is 0.229 e. The summed E-state index contributed by atoms with van der Waals surface area (Å²) in [5.74, 6) is 1.18. The summed E-state index contributed by atoms with van der Waals surface area (Å²) >= 11 is 0. The lowest BCUT2D eigenvalue weighted by Gasteiger charge is -2.11. The van der Waals surface area contributed by atoms with Crippen molar-refractivity contribution in [3.63, 3.8) is 0 Å². The molecule has 0 saturated carbocycles. The number of anilines is 4. The molecule has 0 unspecified atom stereocenters. The molecule has 3 aromatic heterocycles. The maximum atomic E-state index is 4.59. The Morgan fingerprint density at radius 2 is 1.14 bits per heavy atom. The zero-order valence-electron chi connectivity index (χ0n) is 14.9. The average Bonchev–Trinajstić information content (AvgIpc) is 2.75. The Labute approximate surface area is 161 Å². The Balaban J connectivity index is 1.46. The monoisotopic (exact) mass is 364 g/mol. The van der Waals surface area contributed by atoms with Crippen LogP contribution in [0.4, 0.5) is 23.1 Å². The van der Waals surface area contributed by atoms with Gasteiger partial charge in [0.2, 0.25) is 5.95 Å². The SMILES string of the molecule is c1cnc2c(Nc3ccnc(Nc4cccc5cccnc45)n3)cccc2c1. The summed E-state index contributed by atoms with van der Waals surface area (Å²) in [6.07, 6.45) is 5.28. The van der Waals surface area contributed by atoms with Gasteiger partial charge in [0.15, 0.2) is 0 Å². The van der Waals surface area contributed by atoms with E-state index >= 15 is 0 Å². The molecule has 0 spiro atoms. The second kappa shape index (κ2) is 6.92. The molecule has 0 saturated heterocycles. The first-order chi connectivity index (χ1) is 13.9. The highest BCUT2D eigenvalue weighted by Crippen LogP contribution is 2.26. The van der Waals surface area contributed by atoms with Gasteiger partial charge in [-0.15, -0.1) is 0 Å². The second-order valence-corrected chi connectivity index (χ2v) is 6.28. The van der Waals surface area contributed by atoms with Gasteiger partial charge >= 0.3 is 0 Å². The normalized spacial score (nSPS) is 10.9. The van der Waals surface area contributed by atoms with Gasteiger partial charge in [-0.05, 0) is 30.3 Å². The fourth-order valence-electron chi connectivity index (χ4n) is 3.16. The molecule has 2 N–H and O–H groups in total. The van der Waals surface area contributed by atoms with Crippen molar-refractivity contribution in [1.29, 1.82) is 0 Å². The topological polar surface area (TPSA) is 75.6 Å². The van der Waals surface area contributed by atoms with Crippen molar-refractivity contribution < 1.29 is 0 Å². The zero-order valence-corrected chi connectivity index (χ0v) is 14.9. The number of fused-ring (bicyclic) bond motifs is 2. The Morgan fingerprint density at radius 3 is 1.82 bits per heavy atom. The molecular weight excluding hydrogens is 348 g/mol. The van der Waals surface area contributed by atoms with Crippen molar-refractivity contribution in [3.05, 3.63) is 85.3 Å². The van der Waals surface area contributed by atoms with Crippen LogP contribution in [0.1, 0.15) is 0 Å². The van der Waals surface area contributed by atoms with Crippen LogP contribution in [0, 0.1) is 0 Å². The maximum absolute atomic E-state index is 4.59. The van der Waals surface area contributed by atoms with Gasteiger partial charge in [-0.25, -0.2) is 4.98 Å². The summed E-state index contributed by atoms with van der Waals surface area (Å²) in [5, 5.41) is 8.74. The van der Waals surface area contributed by atoms with Crippen LogP contribution in [0.3, 0.4) is 0 Å². The highest BCUT2D eigenvalue weighted by molar-refractivity contribution is 5.92. The van der Waals surface area contributed by atoms with Crippen LogP contribution in [0.5, 0.6) is 0 Å². The molecule has 0 bridgehead atoms. The van der Waals surface area contributed by atoms with Crippen LogP contribution in [-0.2, 0) is 0 Å². The van der Waals surface area contributed by atoms with Crippen LogP contribution in [0.25, 0.3) is 21.8 Å². The van der Waals surface area contributed by atoms with E-state index in [0.717, 1.165) is 33.2 Å². The first kappa shape index (κ1) is 16.1. The molecule has 5 aromatic rings. The van der Waals surface area contributed by atoms with Crippen molar-refractivity contribution in [2.75, 3.05) is 10.6 Å². The number of pyridine rings is 2. The molecule has 5 rings (SSSR count). The fraction of sp³-hybridized carbons (Fsp3) is 0. The van der Waals surface area contributed by atoms with E-state index in [4.69, 9.17) is 0 Å². The van der Waals surface area contributed by atoms with E-state index in [1.807, 2.05) is 66.7 Å². The van der Waals surface area contributed by atoms with Crippen molar-refractivity contribution in [3.8, 4) is 0 Å². The summed E-state index contributed by atoms with van der Waals surface area (Å²) in [7, 11) is 0. The van der Waals surface area contributed by atoms with Gasteiger partial charge in [0.1, 0.15) is 5.82 Å². The predicted molar refractivity (Wildman–Crippen MR) is 112 cm³/mol. The molecule has 6 nitrogen and oxygen atoms in total. The molecule has 3 heterocycles. The molecule has 0 radical (unpaired) electrons. The van der Waals surface area contributed by atoms with Crippen LogP contribution >= 0.6 is 0 Å². The summed E-state index contributed by atoms with van der Waals surface area (Å²) in [4.78, 5) is 17.9. The molecule has 0 atom stereocenters. The van der Waals surface area contributed by atoms with E-state index in [2.05, 4.69) is 30.6 Å². The Kier molecular flexibility index (Phi) is 3.99. The lowest BCUT2D eigenvalue weighted by Crippen LogP contribution is -2.01. The third-order valence-electron chi connectivity index (χ3n) is 4.43. The molecule has 0 aliphatic carbocycles. The van der Waals surface area contributed by atoms with Crippen molar-refractivity contribution in [1.82, 2.24) is 19.9 Å². The highest BCUT2D eigenvalue weighted by atomic mass is 15.1. The van der Waals surface area contributed by atoms with Gasteiger partial charge < -0.3 is 10.6 Å². The number of nitrogens with one attached hydrogen (secondary N) is 2. The minimum absolute atomic E-state index is 0.497. The van der Waals surface area contributed by atoms with E-state index in [-0.39, 0.29) is 0 Å². The van der Waals surface area contributed by atoms with Crippen LogP contribution < -0.4 is 10.6 Å². The summed E-state index contributed by atoms with van der Waals surface area (Å²) in [6.45, 7) is 0. The predicted octanol–water partition coefficient (Wildman–Crippen LogP) is 5.06. The Morgan fingerprint density at radius 1 is 0.536 bits per heavy atom. The minimum atomic E-state index is 0.497. The molecule has 2 aromatic carbocycles. The third-order valence-corrected chi connectivity index (χ3v) is 4.43. The van der Waals surface area contributed by atoms with E-state index in [0.29, 0.717) is 11.8 Å². The third kappa shape index (κ3) is 3.07. The van der Waals surface area contributed by atoms with Crippen LogP contribution in [0.2, 0.25) is 0 Å². The number of benzene rings is 2. The molecule has 0 fully saturated rings. The molecular formula is C22H16N6. The van der Waals surface area contributed by atoms with Crippen LogP contribution in [0.15, 0.2) is 85.3 Å². The lowest BCUT2D eigenvalue weighted by atomic mass is 10.2. The molecule has 28 heavy (non-hydrogen) atoms. The van der Waals surface area contributed by atoms with Gasteiger partial charge in [-0.2, -0.15) is 4.98 Å².